The Balaban J connectivity index is 2.72. The number of hydrogen-bond donors (Lipinski definition) is 2. The van der Waals surface area contributed by atoms with Crippen molar-refractivity contribution < 1.29 is 18.7 Å². The average Bonchev–Trinajstić information content (AvgIpc) is 2.35. The first-order valence-electron chi connectivity index (χ1n) is 6.81. The standard InChI is InChI=1S/C15H22F2N2O2/c1-9(2)14(19(3)4)15(21)18-8-12(20)13-10(16)6-5-7-11(13)17/h5-7,9,12,14,20H,8H2,1-4H3,(H,18,21). The van der Waals surface area contributed by atoms with Crippen molar-refractivity contribution in [3.63, 3.8) is 0 Å². The van der Waals surface area contributed by atoms with Crippen LogP contribution in [-0.2, 0) is 4.79 Å². The fourth-order valence-electron chi connectivity index (χ4n) is 2.37. The van der Waals surface area contributed by atoms with Crippen LogP contribution in [-0.4, -0.2) is 42.6 Å². The lowest BCUT2D eigenvalue weighted by Gasteiger charge is -2.27. The Kier molecular flexibility index (Phi) is 6.23. The summed E-state index contributed by atoms with van der Waals surface area (Å²) in [6.07, 6.45) is -1.43. The molecule has 0 saturated heterocycles. The summed E-state index contributed by atoms with van der Waals surface area (Å²) in [6.45, 7) is 3.56. The quantitative estimate of drug-likeness (QED) is 0.841. The molecule has 0 aromatic heterocycles. The Bertz CT molecular complexity index is 464. The molecule has 0 spiro atoms. The second-order valence-corrected chi connectivity index (χ2v) is 5.55. The molecule has 0 bridgehead atoms. The Labute approximate surface area is 123 Å². The smallest absolute Gasteiger partial charge is 0.237 e. The Morgan fingerprint density at radius 2 is 1.81 bits per heavy atom. The van der Waals surface area contributed by atoms with Crippen LogP contribution in [0.3, 0.4) is 0 Å². The number of benzene rings is 1. The van der Waals surface area contributed by atoms with E-state index in [1.165, 1.54) is 6.07 Å². The van der Waals surface area contributed by atoms with E-state index >= 15 is 0 Å². The predicted molar refractivity (Wildman–Crippen MR) is 76.6 cm³/mol. The fraction of sp³-hybridized carbons (Fsp3) is 0.533. The predicted octanol–water partition coefficient (Wildman–Crippen LogP) is 1.70. The molecule has 2 N–H and O–H groups in total. The monoisotopic (exact) mass is 300 g/mol. The van der Waals surface area contributed by atoms with Crippen molar-refractivity contribution in [2.24, 2.45) is 5.92 Å². The van der Waals surface area contributed by atoms with Gasteiger partial charge in [-0.15, -0.1) is 0 Å². The van der Waals surface area contributed by atoms with Crippen molar-refractivity contribution in [3.05, 3.63) is 35.4 Å². The Hall–Kier alpha value is -1.53. The number of amides is 1. The first-order chi connectivity index (χ1) is 9.75. The minimum Gasteiger partial charge on any atom is -0.386 e. The highest BCUT2D eigenvalue weighted by molar-refractivity contribution is 5.82. The van der Waals surface area contributed by atoms with Crippen LogP contribution in [0.15, 0.2) is 18.2 Å². The summed E-state index contributed by atoms with van der Waals surface area (Å²) in [4.78, 5) is 13.8. The van der Waals surface area contributed by atoms with Crippen LogP contribution < -0.4 is 5.32 Å². The molecule has 4 nitrogen and oxygen atoms in total. The van der Waals surface area contributed by atoms with Gasteiger partial charge in [0.15, 0.2) is 0 Å². The second kappa shape index (κ2) is 7.47. The largest absolute Gasteiger partial charge is 0.386 e. The molecule has 21 heavy (non-hydrogen) atoms. The van der Waals surface area contributed by atoms with Crippen LogP contribution in [0.4, 0.5) is 8.78 Å². The van der Waals surface area contributed by atoms with Crippen molar-refractivity contribution >= 4 is 5.91 Å². The van der Waals surface area contributed by atoms with Gasteiger partial charge in [-0.25, -0.2) is 8.78 Å². The van der Waals surface area contributed by atoms with Crippen LogP contribution in [0.25, 0.3) is 0 Å². The number of nitrogens with one attached hydrogen (secondary N) is 1. The third kappa shape index (κ3) is 4.47. The van der Waals surface area contributed by atoms with Crippen LogP contribution >= 0.6 is 0 Å². The zero-order valence-corrected chi connectivity index (χ0v) is 12.7. The maximum atomic E-state index is 13.5. The molecular formula is C15H22F2N2O2. The highest BCUT2D eigenvalue weighted by Crippen LogP contribution is 2.20. The van der Waals surface area contributed by atoms with E-state index in [1.807, 2.05) is 13.8 Å². The minimum absolute atomic E-state index is 0.0716. The molecule has 1 rings (SSSR count). The van der Waals surface area contributed by atoms with Gasteiger partial charge >= 0.3 is 0 Å². The molecule has 0 radical (unpaired) electrons. The lowest BCUT2D eigenvalue weighted by molar-refractivity contribution is -0.127. The van der Waals surface area contributed by atoms with Gasteiger partial charge in [-0.3, -0.25) is 9.69 Å². The molecule has 1 amide bonds. The lowest BCUT2D eigenvalue weighted by atomic mass is 10.0. The van der Waals surface area contributed by atoms with Gasteiger partial charge in [0.25, 0.3) is 0 Å². The van der Waals surface area contributed by atoms with Gasteiger partial charge in [-0.1, -0.05) is 19.9 Å². The summed E-state index contributed by atoms with van der Waals surface area (Å²) in [6, 6.07) is 2.99. The van der Waals surface area contributed by atoms with E-state index in [2.05, 4.69) is 5.32 Å². The van der Waals surface area contributed by atoms with Crippen molar-refractivity contribution in [1.29, 1.82) is 0 Å². The van der Waals surface area contributed by atoms with E-state index < -0.39 is 23.3 Å². The summed E-state index contributed by atoms with van der Waals surface area (Å²) in [5, 5.41) is 12.4. The first-order valence-corrected chi connectivity index (χ1v) is 6.81. The third-order valence-corrected chi connectivity index (χ3v) is 3.26. The van der Waals surface area contributed by atoms with E-state index in [0.29, 0.717) is 0 Å². The van der Waals surface area contributed by atoms with Gasteiger partial charge in [0, 0.05) is 6.54 Å². The van der Waals surface area contributed by atoms with E-state index in [4.69, 9.17) is 0 Å². The maximum Gasteiger partial charge on any atom is 0.237 e. The van der Waals surface area contributed by atoms with E-state index in [0.717, 1.165) is 12.1 Å². The highest BCUT2D eigenvalue weighted by atomic mass is 19.1. The summed E-state index contributed by atoms with van der Waals surface area (Å²) in [7, 11) is 3.55. The summed E-state index contributed by atoms with van der Waals surface area (Å²) >= 11 is 0. The topological polar surface area (TPSA) is 52.6 Å². The van der Waals surface area contributed by atoms with Gasteiger partial charge in [0.2, 0.25) is 5.91 Å². The number of rotatable bonds is 6. The van der Waals surface area contributed by atoms with Crippen molar-refractivity contribution in [2.75, 3.05) is 20.6 Å². The van der Waals surface area contributed by atoms with E-state index in [-0.39, 0.29) is 24.4 Å². The molecule has 0 aliphatic heterocycles. The Morgan fingerprint density at radius 3 is 2.24 bits per heavy atom. The first kappa shape index (κ1) is 17.5. The molecule has 0 aliphatic carbocycles. The van der Waals surface area contributed by atoms with Gasteiger partial charge in [-0.2, -0.15) is 0 Å². The molecule has 0 aliphatic rings. The van der Waals surface area contributed by atoms with E-state index in [9.17, 15) is 18.7 Å². The van der Waals surface area contributed by atoms with Crippen LogP contribution in [0.1, 0.15) is 25.5 Å². The third-order valence-electron chi connectivity index (χ3n) is 3.26. The fourth-order valence-corrected chi connectivity index (χ4v) is 2.37. The number of aliphatic hydroxyl groups excluding tert-OH is 1. The summed E-state index contributed by atoms with van der Waals surface area (Å²) in [5.74, 6) is -1.87. The van der Waals surface area contributed by atoms with E-state index in [1.54, 1.807) is 19.0 Å². The number of halogens is 2. The number of aliphatic hydroxyl groups is 1. The highest BCUT2D eigenvalue weighted by Gasteiger charge is 2.25. The van der Waals surface area contributed by atoms with Crippen LogP contribution in [0, 0.1) is 17.6 Å². The minimum atomic E-state index is -1.43. The molecule has 0 fully saturated rings. The molecule has 1 aromatic rings. The van der Waals surface area contributed by atoms with Crippen molar-refractivity contribution in [1.82, 2.24) is 10.2 Å². The van der Waals surface area contributed by atoms with Crippen molar-refractivity contribution in [3.8, 4) is 0 Å². The van der Waals surface area contributed by atoms with Crippen molar-refractivity contribution in [2.45, 2.75) is 26.0 Å². The zero-order chi connectivity index (χ0) is 16.2. The summed E-state index contributed by atoms with van der Waals surface area (Å²) in [5.41, 5.74) is -0.427. The van der Waals surface area contributed by atoms with Gasteiger partial charge in [-0.05, 0) is 32.1 Å². The number of hydrogen-bond acceptors (Lipinski definition) is 3. The normalized spacial score (nSPS) is 14.3. The average molecular weight is 300 g/mol. The second-order valence-electron chi connectivity index (χ2n) is 5.55. The molecule has 2 unspecified atom stereocenters. The molecular weight excluding hydrogens is 278 g/mol. The van der Waals surface area contributed by atoms with Gasteiger partial charge < -0.3 is 10.4 Å². The molecule has 1 aromatic carbocycles. The maximum absolute atomic E-state index is 13.5. The van der Waals surface area contributed by atoms with Gasteiger partial charge in [0.05, 0.1) is 11.6 Å². The molecule has 118 valence electrons. The number of nitrogens with zero attached hydrogens (tertiary/aromatic N) is 1. The van der Waals surface area contributed by atoms with Crippen LogP contribution in [0.2, 0.25) is 0 Å². The molecule has 0 saturated carbocycles. The Morgan fingerprint density at radius 1 is 1.29 bits per heavy atom. The lowest BCUT2D eigenvalue weighted by Crippen LogP contribution is -2.47. The molecule has 6 heteroatoms. The number of carbonyl (C=O) groups is 1. The zero-order valence-electron chi connectivity index (χ0n) is 12.7. The molecule has 2 atom stereocenters. The number of carbonyl (C=O) groups excluding carboxylic acids is 1. The molecule has 0 heterocycles. The van der Waals surface area contributed by atoms with Gasteiger partial charge in [0.1, 0.15) is 17.7 Å². The number of likely N-dealkylation sites (N-methyl/N-ethyl adjacent to an activating group) is 1. The SMILES string of the molecule is CC(C)C(C(=O)NCC(O)c1c(F)cccc1F)N(C)C. The van der Waals surface area contributed by atoms with Crippen LogP contribution in [0.5, 0.6) is 0 Å². The summed E-state index contributed by atoms with van der Waals surface area (Å²) < 4.78 is 27.0.